The van der Waals surface area contributed by atoms with Gasteiger partial charge in [-0.2, -0.15) is 4.98 Å². The van der Waals surface area contributed by atoms with Crippen LogP contribution in [0.15, 0.2) is 48.8 Å². The lowest BCUT2D eigenvalue weighted by Gasteiger charge is -2.15. The third-order valence-electron chi connectivity index (χ3n) is 4.83. The summed E-state index contributed by atoms with van der Waals surface area (Å²) in [5, 5.41) is 6.60. The summed E-state index contributed by atoms with van der Waals surface area (Å²) in [4.78, 5) is 13.3. The standard InChI is InChI=1S/C21H21F2N5/c22-17-8-7-14(10-18(17)23)12-25-20-11-19(15-4-3-9-24-13-15)27-21(28-20)26-16-5-1-2-6-16/h3-4,7-11,13,16H,1-2,5-6,12H2,(H2,25,26,27,28). The first-order valence-corrected chi connectivity index (χ1v) is 9.41. The quantitative estimate of drug-likeness (QED) is 0.643. The van der Waals surface area contributed by atoms with Crippen LogP contribution in [0.4, 0.5) is 20.5 Å². The molecule has 0 saturated heterocycles. The van der Waals surface area contributed by atoms with Gasteiger partial charge in [0.25, 0.3) is 0 Å². The van der Waals surface area contributed by atoms with Gasteiger partial charge >= 0.3 is 0 Å². The van der Waals surface area contributed by atoms with Gasteiger partial charge in [0.1, 0.15) is 5.82 Å². The van der Waals surface area contributed by atoms with Crippen molar-refractivity contribution in [2.24, 2.45) is 0 Å². The van der Waals surface area contributed by atoms with E-state index in [0.717, 1.165) is 30.2 Å². The number of rotatable bonds is 6. The Morgan fingerprint density at radius 2 is 1.86 bits per heavy atom. The monoisotopic (exact) mass is 381 g/mol. The zero-order chi connectivity index (χ0) is 19.3. The summed E-state index contributed by atoms with van der Waals surface area (Å²) in [6, 6.07) is 9.86. The van der Waals surface area contributed by atoms with E-state index in [1.54, 1.807) is 18.5 Å². The number of halogens is 2. The van der Waals surface area contributed by atoms with Crippen LogP contribution in [-0.2, 0) is 6.54 Å². The van der Waals surface area contributed by atoms with Crippen LogP contribution in [0.3, 0.4) is 0 Å². The summed E-state index contributed by atoms with van der Waals surface area (Å²) in [7, 11) is 0. The Hall–Kier alpha value is -3.09. The van der Waals surface area contributed by atoms with Crippen molar-refractivity contribution in [3.8, 4) is 11.3 Å². The highest BCUT2D eigenvalue weighted by atomic mass is 19.2. The van der Waals surface area contributed by atoms with Crippen LogP contribution in [0.1, 0.15) is 31.2 Å². The first-order chi connectivity index (χ1) is 13.7. The molecule has 5 nitrogen and oxygen atoms in total. The predicted molar refractivity (Wildman–Crippen MR) is 105 cm³/mol. The molecule has 0 unspecified atom stereocenters. The number of anilines is 2. The minimum Gasteiger partial charge on any atom is -0.366 e. The van der Waals surface area contributed by atoms with Crippen LogP contribution in [0.25, 0.3) is 11.3 Å². The number of nitrogens with one attached hydrogen (secondary N) is 2. The second-order valence-electron chi connectivity index (χ2n) is 6.93. The summed E-state index contributed by atoms with van der Waals surface area (Å²) in [5.74, 6) is -0.547. The molecule has 0 radical (unpaired) electrons. The molecule has 28 heavy (non-hydrogen) atoms. The van der Waals surface area contributed by atoms with Crippen LogP contribution >= 0.6 is 0 Å². The van der Waals surface area contributed by atoms with Crippen molar-refractivity contribution in [2.75, 3.05) is 10.6 Å². The Morgan fingerprint density at radius 3 is 2.61 bits per heavy atom. The lowest BCUT2D eigenvalue weighted by Crippen LogP contribution is -2.17. The van der Waals surface area contributed by atoms with Gasteiger partial charge in [-0.3, -0.25) is 4.98 Å². The fraction of sp³-hybridized carbons (Fsp3) is 0.286. The number of benzene rings is 1. The van der Waals surface area contributed by atoms with Gasteiger partial charge in [-0.05, 0) is 42.7 Å². The van der Waals surface area contributed by atoms with Gasteiger partial charge in [-0.15, -0.1) is 0 Å². The zero-order valence-electron chi connectivity index (χ0n) is 15.3. The molecule has 1 fully saturated rings. The van der Waals surface area contributed by atoms with Gasteiger partial charge in [0.15, 0.2) is 11.6 Å². The molecule has 0 spiro atoms. The minimum atomic E-state index is -0.860. The lowest BCUT2D eigenvalue weighted by molar-refractivity contribution is 0.507. The lowest BCUT2D eigenvalue weighted by atomic mass is 10.2. The maximum absolute atomic E-state index is 13.4. The molecule has 0 bridgehead atoms. The van der Waals surface area contributed by atoms with Gasteiger partial charge in [0.05, 0.1) is 5.69 Å². The van der Waals surface area contributed by atoms with E-state index < -0.39 is 11.6 Å². The largest absolute Gasteiger partial charge is 0.366 e. The molecule has 7 heteroatoms. The van der Waals surface area contributed by atoms with Gasteiger partial charge < -0.3 is 10.6 Å². The number of pyridine rings is 1. The number of hydrogen-bond donors (Lipinski definition) is 2. The van der Waals surface area contributed by atoms with Crippen molar-refractivity contribution >= 4 is 11.8 Å². The smallest absolute Gasteiger partial charge is 0.225 e. The van der Waals surface area contributed by atoms with E-state index in [4.69, 9.17) is 0 Å². The van der Waals surface area contributed by atoms with Crippen molar-refractivity contribution in [3.63, 3.8) is 0 Å². The average Bonchev–Trinajstić information content (AvgIpc) is 3.22. The summed E-state index contributed by atoms with van der Waals surface area (Å²) >= 11 is 0. The molecule has 0 amide bonds. The molecule has 2 aromatic heterocycles. The second kappa shape index (κ2) is 8.29. The molecule has 3 aromatic rings. The van der Waals surface area contributed by atoms with E-state index >= 15 is 0 Å². The summed E-state index contributed by atoms with van der Waals surface area (Å²) in [6.45, 7) is 0.323. The van der Waals surface area contributed by atoms with E-state index in [1.807, 2.05) is 18.2 Å². The molecular weight excluding hydrogens is 360 g/mol. The highest BCUT2D eigenvalue weighted by Gasteiger charge is 2.17. The van der Waals surface area contributed by atoms with Crippen molar-refractivity contribution in [2.45, 2.75) is 38.3 Å². The highest BCUT2D eigenvalue weighted by Crippen LogP contribution is 2.25. The topological polar surface area (TPSA) is 62.7 Å². The van der Waals surface area contributed by atoms with Crippen molar-refractivity contribution in [1.29, 1.82) is 0 Å². The number of aromatic nitrogens is 3. The Labute approximate surface area is 162 Å². The molecule has 144 valence electrons. The van der Waals surface area contributed by atoms with Crippen LogP contribution in [0, 0.1) is 11.6 Å². The van der Waals surface area contributed by atoms with Crippen LogP contribution in [-0.4, -0.2) is 21.0 Å². The molecule has 1 aliphatic carbocycles. The first kappa shape index (κ1) is 18.3. The predicted octanol–water partition coefficient (Wildman–Crippen LogP) is 4.78. The Morgan fingerprint density at radius 1 is 1.00 bits per heavy atom. The highest BCUT2D eigenvalue weighted by molar-refractivity contribution is 5.63. The third-order valence-corrected chi connectivity index (χ3v) is 4.83. The van der Waals surface area contributed by atoms with Crippen molar-refractivity contribution < 1.29 is 8.78 Å². The van der Waals surface area contributed by atoms with Gasteiger partial charge in [-0.1, -0.05) is 18.9 Å². The number of hydrogen-bond acceptors (Lipinski definition) is 5. The average molecular weight is 381 g/mol. The Kier molecular flexibility index (Phi) is 5.41. The van der Waals surface area contributed by atoms with Crippen LogP contribution < -0.4 is 10.6 Å². The SMILES string of the molecule is Fc1ccc(CNc2cc(-c3cccnc3)nc(NC3CCCC3)n2)cc1F. The van der Waals surface area contributed by atoms with Gasteiger partial charge in [-0.25, -0.2) is 13.8 Å². The van der Waals surface area contributed by atoms with E-state index in [9.17, 15) is 8.78 Å². The van der Waals surface area contributed by atoms with E-state index in [1.165, 1.54) is 18.9 Å². The molecule has 2 N–H and O–H groups in total. The maximum Gasteiger partial charge on any atom is 0.225 e. The molecule has 2 heterocycles. The summed E-state index contributed by atoms with van der Waals surface area (Å²) < 4.78 is 26.6. The van der Waals surface area contributed by atoms with E-state index in [2.05, 4.69) is 25.6 Å². The maximum atomic E-state index is 13.4. The molecule has 1 saturated carbocycles. The van der Waals surface area contributed by atoms with Crippen molar-refractivity contribution in [1.82, 2.24) is 15.0 Å². The Balaban J connectivity index is 1.58. The fourth-order valence-electron chi connectivity index (χ4n) is 3.36. The molecule has 1 aromatic carbocycles. The third kappa shape index (κ3) is 4.42. The molecule has 4 rings (SSSR count). The fourth-order valence-corrected chi connectivity index (χ4v) is 3.36. The minimum absolute atomic E-state index is 0.323. The van der Waals surface area contributed by atoms with Crippen molar-refractivity contribution in [3.05, 3.63) is 66.0 Å². The normalized spacial score (nSPS) is 14.2. The van der Waals surface area contributed by atoms with Gasteiger partial charge in [0.2, 0.25) is 5.95 Å². The van der Waals surface area contributed by atoms with Gasteiger partial charge in [0, 0.05) is 36.6 Å². The summed E-state index contributed by atoms with van der Waals surface area (Å²) in [5.41, 5.74) is 2.26. The summed E-state index contributed by atoms with van der Waals surface area (Å²) in [6.07, 6.45) is 8.10. The molecule has 1 aliphatic rings. The first-order valence-electron chi connectivity index (χ1n) is 9.41. The van der Waals surface area contributed by atoms with E-state index in [-0.39, 0.29) is 0 Å². The molecule has 0 aliphatic heterocycles. The van der Waals surface area contributed by atoms with Crippen LogP contribution in [0.5, 0.6) is 0 Å². The number of nitrogens with zero attached hydrogens (tertiary/aromatic N) is 3. The zero-order valence-corrected chi connectivity index (χ0v) is 15.3. The molecule has 0 atom stereocenters. The van der Waals surface area contributed by atoms with E-state index in [0.29, 0.717) is 29.9 Å². The Bertz CT molecular complexity index is 943. The molecular formula is C21H21F2N5. The second-order valence-corrected chi connectivity index (χ2v) is 6.93. The van der Waals surface area contributed by atoms with Crippen LogP contribution in [0.2, 0.25) is 0 Å².